The number of aromatic nitrogens is 1. The summed E-state index contributed by atoms with van der Waals surface area (Å²) in [5.41, 5.74) is 5.22. The molecule has 5 nitrogen and oxygen atoms in total. The molecule has 1 aliphatic heterocycles. The summed E-state index contributed by atoms with van der Waals surface area (Å²) in [6.07, 6.45) is 22.5. The number of benzene rings is 1. The molecule has 1 N–H and O–H groups in total. The number of nitrogens with zero attached hydrogens (tertiary/aromatic N) is 2. The van der Waals surface area contributed by atoms with Crippen LogP contribution < -0.4 is 33.5 Å². The summed E-state index contributed by atoms with van der Waals surface area (Å²) in [4.78, 5) is 4.32. The number of aliphatic hydroxyl groups is 1. The van der Waals surface area contributed by atoms with Gasteiger partial charge in [0.15, 0.2) is 23.8 Å². The van der Waals surface area contributed by atoms with Gasteiger partial charge in [-0.05, 0) is 43.5 Å². The maximum Gasteiger partial charge on any atom is 0.184 e. The van der Waals surface area contributed by atoms with Gasteiger partial charge in [0.1, 0.15) is 11.7 Å². The summed E-state index contributed by atoms with van der Waals surface area (Å²) in [6, 6.07) is 8.32. The molecule has 2 aromatic rings. The fourth-order valence-corrected chi connectivity index (χ4v) is 5.99. The van der Waals surface area contributed by atoms with E-state index in [1.165, 1.54) is 93.0 Å². The van der Waals surface area contributed by atoms with Gasteiger partial charge in [-0.1, -0.05) is 95.6 Å². The van der Waals surface area contributed by atoms with Gasteiger partial charge in [0.2, 0.25) is 0 Å². The second-order valence-electron chi connectivity index (χ2n) is 11.5. The van der Waals surface area contributed by atoms with Gasteiger partial charge in [-0.25, -0.2) is 9.56 Å². The topological polar surface area (TPSA) is 54.6 Å². The van der Waals surface area contributed by atoms with Crippen LogP contribution in [0, 0.1) is 0 Å². The van der Waals surface area contributed by atoms with Gasteiger partial charge < -0.3 is 38.6 Å². The molecule has 1 aliphatic rings. The molecule has 1 aromatic heterocycles. The highest BCUT2D eigenvalue weighted by Gasteiger charge is 2.29. The number of pyridine rings is 1. The van der Waals surface area contributed by atoms with Crippen molar-refractivity contribution in [2.75, 3.05) is 26.9 Å². The van der Waals surface area contributed by atoms with Crippen LogP contribution in [0.3, 0.4) is 0 Å². The molecule has 236 valence electrons. The van der Waals surface area contributed by atoms with E-state index in [1.807, 2.05) is 12.3 Å². The van der Waals surface area contributed by atoms with Crippen LogP contribution in [0.15, 0.2) is 30.5 Å². The molecule has 0 saturated heterocycles. The highest BCUT2D eigenvalue weighted by atomic mass is 127. The lowest BCUT2D eigenvalue weighted by Gasteiger charge is -2.23. The zero-order valence-corrected chi connectivity index (χ0v) is 29.1. The Bertz CT molecular complexity index is 1050. The number of fused-ring (bicyclic) bond motifs is 1. The van der Waals surface area contributed by atoms with Crippen LogP contribution in [0.5, 0.6) is 11.5 Å². The molecule has 0 radical (unpaired) electrons. The smallest absolute Gasteiger partial charge is 0.184 e. The molecule has 0 amide bonds. The van der Waals surface area contributed by atoms with Gasteiger partial charge in [-0.2, -0.15) is 0 Å². The Labute approximate surface area is 277 Å². The molecule has 3 rings (SSSR count). The predicted molar refractivity (Wildman–Crippen MR) is 171 cm³/mol. The maximum absolute atomic E-state index is 8.97. The van der Waals surface area contributed by atoms with Crippen LogP contribution in [-0.4, -0.2) is 47.2 Å². The Morgan fingerprint density at radius 3 is 2.17 bits per heavy atom. The Balaban J connectivity index is 0.00000616. The number of halogens is 2. The molecule has 42 heavy (non-hydrogen) atoms. The van der Waals surface area contributed by atoms with Crippen molar-refractivity contribution < 1.29 is 43.1 Å². The predicted octanol–water partition coefficient (Wildman–Crippen LogP) is 5.94. The zero-order valence-electron chi connectivity index (χ0n) is 26.2. The minimum Gasteiger partial charge on any atom is -1.00 e. The quantitative estimate of drug-likeness (QED) is 0.0712. The van der Waals surface area contributed by atoms with Gasteiger partial charge in [-0.15, -0.1) is 0 Å². The summed E-state index contributed by atoms with van der Waals surface area (Å²) >= 11 is 6.07. The molecular weight excluding hydrogens is 659 g/mol. The van der Waals surface area contributed by atoms with E-state index in [9.17, 15) is 0 Å². The van der Waals surface area contributed by atoms with Crippen molar-refractivity contribution in [3.63, 3.8) is 0 Å². The van der Waals surface area contributed by atoms with Crippen molar-refractivity contribution in [1.82, 2.24) is 4.98 Å². The van der Waals surface area contributed by atoms with E-state index < -0.39 is 0 Å². The van der Waals surface area contributed by atoms with E-state index in [0.717, 1.165) is 63.1 Å². The van der Waals surface area contributed by atoms with Gasteiger partial charge in [0.25, 0.3) is 0 Å². The number of rotatable bonds is 22. The Morgan fingerprint density at radius 2 is 1.52 bits per heavy atom. The first kappa shape index (κ1) is 36.8. The van der Waals surface area contributed by atoms with Crippen molar-refractivity contribution >= 4 is 17.3 Å². The van der Waals surface area contributed by atoms with Crippen LogP contribution in [0.1, 0.15) is 126 Å². The van der Waals surface area contributed by atoms with Gasteiger partial charge in [0, 0.05) is 42.3 Å². The molecule has 0 unspecified atom stereocenters. The van der Waals surface area contributed by atoms with Crippen LogP contribution in [0.2, 0.25) is 5.15 Å². The first-order chi connectivity index (χ1) is 20.2. The first-order valence-corrected chi connectivity index (χ1v) is 16.7. The third-order valence-corrected chi connectivity index (χ3v) is 8.47. The molecule has 1 aromatic carbocycles. The second-order valence-corrected chi connectivity index (χ2v) is 11.9. The molecule has 2 heterocycles. The second kappa shape index (κ2) is 22.2. The van der Waals surface area contributed by atoms with Crippen molar-refractivity contribution in [3.05, 3.63) is 52.3 Å². The lowest BCUT2D eigenvalue weighted by Crippen LogP contribution is -3.00. The third-order valence-electron chi connectivity index (χ3n) is 8.25. The molecule has 7 heteroatoms. The lowest BCUT2D eigenvalue weighted by atomic mass is 9.92. The number of hydrogen-bond acceptors (Lipinski definition) is 4. The number of ether oxygens (including phenoxy) is 2. The van der Waals surface area contributed by atoms with E-state index in [4.69, 9.17) is 26.2 Å². The largest absolute Gasteiger partial charge is 1.00 e. The van der Waals surface area contributed by atoms with E-state index in [-0.39, 0.29) is 24.0 Å². The van der Waals surface area contributed by atoms with Crippen LogP contribution in [-0.2, 0) is 13.0 Å². The summed E-state index contributed by atoms with van der Waals surface area (Å²) in [7, 11) is 1.74. The Kier molecular flexibility index (Phi) is 19.4. The van der Waals surface area contributed by atoms with Gasteiger partial charge in [0.05, 0.1) is 13.7 Å². The number of methoxy groups -OCH3 is 1. The highest BCUT2D eigenvalue weighted by Crippen LogP contribution is 2.37. The van der Waals surface area contributed by atoms with Crippen LogP contribution in [0.25, 0.3) is 0 Å². The van der Waals surface area contributed by atoms with Gasteiger partial charge in [-0.3, -0.25) is 0 Å². The van der Waals surface area contributed by atoms with Crippen molar-refractivity contribution in [1.29, 1.82) is 0 Å². The molecule has 0 bridgehead atoms. The van der Waals surface area contributed by atoms with Crippen molar-refractivity contribution in [2.45, 2.75) is 123 Å². The standard InChI is InChI=1S/C35H54ClN2O3.HI/c1-3-4-5-6-7-8-9-12-15-18-32-30-20-21-33(40-2)35(41-26-17-14-11-10-13-16-25-39)31(30)23-24-38(32)28-29-19-22-34(36)37-27-29;/h19-22,27,39H,3-18,23-26,28H2,1-2H3;1H/q+1;/p-1. The summed E-state index contributed by atoms with van der Waals surface area (Å²) in [5, 5.41) is 9.51. The maximum atomic E-state index is 8.97. The SMILES string of the molecule is CCCCCCCCCCCC1=[N+](Cc2ccc(Cl)nc2)CCc2c1ccc(OC)c2OCCCCCCCCO.[I-]. The lowest BCUT2D eigenvalue weighted by molar-refractivity contribution is -0.545. The number of aliphatic hydroxyl groups excluding tert-OH is 1. The van der Waals surface area contributed by atoms with Crippen molar-refractivity contribution in [3.8, 4) is 11.5 Å². The van der Waals surface area contributed by atoms with Crippen LogP contribution in [0.4, 0.5) is 0 Å². The van der Waals surface area contributed by atoms with Crippen LogP contribution >= 0.6 is 11.6 Å². The Morgan fingerprint density at radius 1 is 0.857 bits per heavy atom. The minimum atomic E-state index is 0. The molecule has 0 atom stereocenters. The molecule has 0 spiro atoms. The molecular formula is C35H54ClIN2O3. The zero-order chi connectivity index (χ0) is 29.1. The molecule has 0 aliphatic carbocycles. The number of unbranched alkanes of at least 4 members (excludes halogenated alkanes) is 13. The summed E-state index contributed by atoms with van der Waals surface area (Å²) in [6.45, 7) is 5.09. The minimum absolute atomic E-state index is 0. The average molecular weight is 713 g/mol. The van der Waals surface area contributed by atoms with E-state index >= 15 is 0 Å². The van der Waals surface area contributed by atoms with Gasteiger partial charge >= 0.3 is 0 Å². The fraction of sp³-hybridized carbons (Fsp3) is 0.657. The van der Waals surface area contributed by atoms with E-state index in [2.05, 4.69) is 34.7 Å². The first-order valence-electron chi connectivity index (χ1n) is 16.3. The summed E-state index contributed by atoms with van der Waals surface area (Å²) < 4.78 is 14.8. The summed E-state index contributed by atoms with van der Waals surface area (Å²) in [5.74, 6) is 1.77. The fourth-order valence-electron chi connectivity index (χ4n) is 5.88. The average Bonchev–Trinajstić information content (AvgIpc) is 2.99. The molecule has 0 saturated carbocycles. The monoisotopic (exact) mass is 712 g/mol. The van der Waals surface area contributed by atoms with E-state index in [0.29, 0.717) is 18.4 Å². The van der Waals surface area contributed by atoms with E-state index in [1.54, 1.807) is 7.11 Å². The Hall–Kier alpha value is -1.38. The normalized spacial score (nSPS) is 12.7. The molecule has 0 fully saturated rings. The van der Waals surface area contributed by atoms with Crippen molar-refractivity contribution in [2.24, 2.45) is 0 Å². The number of hydrogen-bond donors (Lipinski definition) is 1. The third kappa shape index (κ3) is 12.7. The highest BCUT2D eigenvalue weighted by molar-refractivity contribution is 6.29.